The van der Waals surface area contributed by atoms with Crippen molar-refractivity contribution in [2.75, 3.05) is 11.9 Å². The van der Waals surface area contributed by atoms with Crippen LogP contribution in [0.4, 0.5) is 10.5 Å². The summed E-state index contributed by atoms with van der Waals surface area (Å²) in [6.07, 6.45) is -0.427. The Morgan fingerprint density at radius 2 is 1.83 bits per heavy atom. The normalized spacial score (nSPS) is 11.8. The van der Waals surface area contributed by atoms with Crippen LogP contribution in [0, 0.1) is 5.92 Å². The lowest BCUT2D eigenvalue weighted by Gasteiger charge is -2.21. The van der Waals surface area contributed by atoms with E-state index in [-0.39, 0.29) is 0 Å². The number of hydrogen-bond acceptors (Lipinski definition) is 3. The molecule has 0 heterocycles. The molecule has 130 valence electrons. The molecule has 2 rings (SSSR count). The summed E-state index contributed by atoms with van der Waals surface area (Å²) in [5.74, 6) is 0.577. The minimum Gasteiger partial charge on any atom is -0.444 e. The van der Waals surface area contributed by atoms with Gasteiger partial charge in [-0.25, -0.2) is 4.79 Å². The zero-order chi connectivity index (χ0) is 17.7. The molecule has 0 aliphatic carbocycles. The molecule has 0 bridgehead atoms. The van der Waals surface area contributed by atoms with Crippen LogP contribution >= 0.6 is 0 Å². The maximum atomic E-state index is 12.3. The highest BCUT2D eigenvalue weighted by Gasteiger charge is 2.18. The average Bonchev–Trinajstić information content (AvgIpc) is 2.47. The number of ether oxygens (including phenoxy) is 1. The number of carbonyl (C=O) groups is 1. The van der Waals surface area contributed by atoms with Crippen molar-refractivity contribution < 1.29 is 9.53 Å². The number of anilines is 1. The van der Waals surface area contributed by atoms with Gasteiger partial charge in [0, 0.05) is 11.9 Å². The Hall–Kier alpha value is -2.07. The predicted molar refractivity (Wildman–Crippen MR) is 100 cm³/mol. The fraction of sp³-hybridized carbons (Fsp3) is 0.450. The molecule has 0 atom stereocenters. The summed E-state index contributed by atoms with van der Waals surface area (Å²) in [6.45, 7) is 11.6. The van der Waals surface area contributed by atoms with E-state index in [0.29, 0.717) is 12.5 Å². The van der Waals surface area contributed by atoms with Gasteiger partial charge in [0.05, 0.1) is 5.69 Å². The number of carbonyl (C=O) groups excluding carboxylic acids is 1. The van der Waals surface area contributed by atoms with Gasteiger partial charge in [0.1, 0.15) is 5.60 Å². The molecule has 1 amide bonds. The molecule has 2 aromatic carbocycles. The molecule has 0 aromatic heterocycles. The molecule has 4 heteroatoms. The molecule has 0 fully saturated rings. The molecular weight excluding hydrogens is 300 g/mol. The molecule has 0 saturated carbocycles. The highest BCUT2D eigenvalue weighted by Crippen LogP contribution is 2.28. The SMILES string of the molecule is CC(C)CNCc1ccc2ccccc2c1NC(=O)OC(C)(C)C. The van der Waals surface area contributed by atoms with Gasteiger partial charge in [-0.05, 0) is 44.2 Å². The molecule has 4 nitrogen and oxygen atoms in total. The molecule has 2 aromatic rings. The van der Waals surface area contributed by atoms with Crippen molar-refractivity contribution in [1.29, 1.82) is 0 Å². The van der Waals surface area contributed by atoms with Crippen LogP contribution in [-0.2, 0) is 11.3 Å². The third-order valence-electron chi connectivity index (χ3n) is 3.51. The summed E-state index contributed by atoms with van der Waals surface area (Å²) in [6, 6.07) is 12.2. The quantitative estimate of drug-likeness (QED) is 0.818. The fourth-order valence-corrected chi connectivity index (χ4v) is 2.51. The second-order valence-corrected chi connectivity index (χ2v) is 7.47. The van der Waals surface area contributed by atoms with Crippen LogP contribution in [-0.4, -0.2) is 18.2 Å². The van der Waals surface area contributed by atoms with Crippen LogP contribution in [0.5, 0.6) is 0 Å². The van der Waals surface area contributed by atoms with Crippen LogP contribution in [0.3, 0.4) is 0 Å². The highest BCUT2D eigenvalue weighted by molar-refractivity contribution is 6.01. The summed E-state index contributed by atoms with van der Waals surface area (Å²) >= 11 is 0. The zero-order valence-electron chi connectivity index (χ0n) is 15.3. The van der Waals surface area contributed by atoms with Crippen LogP contribution in [0.2, 0.25) is 0 Å². The lowest BCUT2D eigenvalue weighted by atomic mass is 10.0. The number of benzene rings is 2. The number of nitrogens with one attached hydrogen (secondary N) is 2. The lowest BCUT2D eigenvalue weighted by Crippen LogP contribution is -2.28. The molecule has 0 aliphatic heterocycles. The van der Waals surface area contributed by atoms with E-state index in [4.69, 9.17) is 4.74 Å². The van der Waals surface area contributed by atoms with Crippen LogP contribution in [0.1, 0.15) is 40.2 Å². The van der Waals surface area contributed by atoms with E-state index >= 15 is 0 Å². The van der Waals surface area contributed by atoms with Gasteiger partial charge in [-0.1, -0.05) is 50.2 Å². The van der Waals surface area contributed by atoms with Crippen molar-refractivity contribution in [1.82, 2.24) is 5.32 Å². The third kappa shape index (κ3) is 5.24. The zero-order valence-corrected chi connectivity index (χ0v) is 15.3. The van der Waals surface area contributed by atoms with Crippen LogP contribution in [0.25, 0.3) is 10.8 Å². The monoisotopic (exact) mass is 328 g/mol. The van der Waals surface area contributed by atoms with E-state index in [1.54, 1.807) is 0 Å². The summed E-state index contributed by atoms with van der Waals surface area (Å²) in [7, 11) is 0. The second kappa shape index (κ2) is 7.67. The summed E-state index contributed by atoms with van der Waals surface area (Å²) < 4.78 is 5.42. The Morgan fingerprint density at radius 3 is 2.50 bits per heavy atom. The van der Waals surface area contributed by atoms with Gasteiger partial charge in [0.2, 0.25) is 0 Å². The predicted octanol–water partition coefficient (Wildman–Crippen LogP) is 4.93. The van der Waals surface area contributed by atoms with Crippen molar-refractivity contribution >= 4 is 22.6 Å². The molecule has 0 radical (unpaired) electrons. The number of amides is 1. The van der Waals surface area contributed by atoms with Crippen molar-refractivity contribution in [3.63, 3.8) is 0 Å². The first-order valence-electron chi connectivity index (χ1n) is 8.47. The van der Waals surface area contributed by atoms with E-state index in [2.05, 4.69) is 36.6 Å². The van der Waals surface area contributed by atoms with Gasteiger partial charge in [0.15, 0.2) is 0 Å². The molecular formula is C20H28N2O2. The Kier molecular flexibility index (Phi) is 5.84. The minimum atomic E-state index is -0.523. The largest absolute Gasteiger partial charge is 0.444 e. The van der Waals surface area contributed by atoms with Crippen molar-refractivity contribution in [2.45, 2.75) is 46.8 Å². The first-order chi connectivity index (χ1) is 11.3. The van der Waals surface area contributed by atoms with Crippen molar-refractivity contribution in [2.24, 2.45) is 5.92 Å². The number of hydrogen-bond donors (Lipinski definition) is 2. The number of rotatable bonds is 5. The van der Waals surface area contributed by atoms with E-state index in [9.17, 15) is 4.79 Å². The van der Waals surface area contributed by atoms with Gasteiger partial charge < -0.3 is 10.1 Å². The van der Waals surface area contributed by atoms with Crippen LogP contribution in [0.15, 0.2) is 36.4 Å². The van der Waals surface area contributed by atoms with E-state index in [0.717, 1.165) is 28.6 Å². The smallest absolute Gasteiger partial charge is 0.412 e. The molecule has 0 aliphatic rings. The van der Waals surface area contributed by atoms with Crippen molar-refractivity contribution in [3.05, 3.63) is 42.0 Å². The van der Waals surface area contributed by atoms with Gasteiger partial charge in [-0.3, -0.25) is 5.32 Å². The standard InChI is InChI=1S/C20H28N2O2/c1-14(2)12-21-13-16-11-10-15-8-6-7-9-17(15)18(16)22-19(23)24-20(3,4)5/h6-11,14,21H,12-13H2,1-5H3,(H,22,23). The van der Waals surface area contributed by atoms with Crippen molar-refractivity contribution in [3.8, 4) is 0 Å². The summed E-state index contributed by atoms with van der Waals surface area (Å²) in [5.41, 5.74) is 1.35. The van der Waals surface area contributed by atoms with E-state index in [1.807, 2.05) is 45.0 Å². The first-order valence-corrected chi connectivity index (χ1v) is 8.47. The second-order valence-electron chi connectivity index (χ2n) is 7.47. The topological polar surface area (TPSA) is 50.4 Å². The molecule has 0 unspecified atom stereocenters. The molecule has 0 spiro atoms. The van der Waals surface area contributed by atoms with E-state index in [1.165, 1.54) is 0 Å². The lowest BCUT2D eigenvalue weighted by molar-refractivity contribution is 0.0636. The Morgan fingerprint density at radius 1 is 1.12 bits per heavy atom. The Labute approximate surface area is 144 Å². The van der Waals surface area contributed by atoms with Crippen LogP contribution < -0.4 is 10.6 Å². The highest BCUT2D eigenvalue weighted by atomic mass is 16.6. The Balaban J connectivity index is 2.30. The van der Waals surface area contributed by atoms with Gasteiger partial charge >= 0.3 is 6.09 Å². The molecule has 24 heavy (non-hydrogen) atoms. The molecule has 2 N–H and O–H groups in total. The fourth-order valence-electron chi connectivity index (χ4n) is 2.51. The molecule has 0 saturated heterocycles. The summed E-state index contributed by atoms with van der Waals surface area (Å²) in [5, 5.41) is 8.50. The third-order valence-corrected chi connectivity index (χ3v) is 3.51. The minimum absolute atomic E-state index is 0.427. The van der Waals surface area contributed by atoms with Gasteiger partial charge in [-0.2, -0.15) is 0 Å². The van der Waals surface area contributed by atoms with Gasteiger partial charge in [0.25, 0.3) is 0 Å². The maximum Gasteiger partial charge on any atom is 0.412 e. The average molecular weight is 328 g/mol. The maximum absolute atomic E-state index is 12.3. The van der Waals surface area contributed by atoms with Gasteiger partial charge in [-0.15, -0.1) is 0 Å². The first kappa shape index (κ1) is 18.3. The van der Waals surface area contributed by atoms with E-state index < -0.39 is 11.7 Å². The Bertz CT molecular complexity index is 702. The summed E-state index contributed by atoms with van der Waals surface area (Å²) in [4.78, 5) is 12.3. The number of fused-ring (bicyclic) bond motifs is 1.